The number of nitrogens with zero attached hydrogens (tertiary/aromatic N) is 1. The second kappa shape index (κ2) is 5.37. The van der Waals surface area contributed by atoms with Crippen LogP contribution in [-0.2, 0) is 9.59 Å². The molecule has 3 rings (SSSR count). The Morgan fingerprint density at radius 3 is 2.14 bits per heavy atom. The third-order valence-electron chi connectivity index (χ3n) is 3.53. The fraction of sp³-hybridized carbons (Fsp3) is 0.111. The van der Waals surface area contributed by atoms with Crippen LogP contribution in [-0.4, -0.2) is 11.7 Å². The molecule has 0 spiro atoms. The second-order valence-electron chi connectivity index (χ2n) is 5.03. The lowest BCUT2D eigenvalue weighted by Gasteiger charge is -2.43. The van der Waals surface area contributed by atoms with Gasteiger partial charge in [-0.15, -0.1) is 0 Å². The van der Waals surface area contributed by atoms with E-state index >= 15 is 0 Å². The van der Waals surface area contributed by atoms with Gasteiger partial charge in [0.25, 0.3) is 5.91 Å². The molecule has 1 saturated heterocycles. The maximum Gasteiger partial charge on any atom is 0.257 e. The molecule has 104 valence electrons. The van der Waals surface area contributed by atoms with E-state index in [1.54, 1.807) is 4.90 Å². The fourth-order valence-electron chi connectivity index (χ4n) is 2.62. The second-order valence-corrected chi connectivity index (χ2v) is 5.03. The third-order valence-corrected chi connectivity index (χ3v) is 3.53. The van der Waals surface area contributed by atoms with E-state index in [0.29, 0.717) is 5.57 Å². The summed E-state index contributed by atoms with van der Waals surface area (Å²) in [5, 5.41) is 0. The molecule has 0 aromatic heterocycles. The fourth-order valence-corrected chi connectivity index (χ4v) is 2.62. The maximum atomic E-state index is 12.4. The highest BCUT2D eigenvalue weighted by Crippen LogP contribution is 2.42. The van der Waals surface area contributed by atoms with Crippen molar-refractivity contribution >= 4 is 17.4 Å². The smallest absolute Gasteiger partial charge is 0.257 e. The normalized spacial score (nSPS) is 19.5. The lowest BCUT2D eigenvalue weighted by Crippen LogP contribution is -2.49. The first kappa shape index (κ1) is 13.3. The molecular weight excluding hydrogens is 262 g/mol. The van der Waals surface area contributed by atoms with Crippen molar-refractivity contribution in [2.75, 3.05) is 4.90 Å². The number of amides is 1. The summed E-state index contributed by atoms with van der Waals surface area (Å²) in [6.07, 6.45) is 1.44. The molecule has 1 amide bonds. The number of carbonyl (C=O) groups excluding carboxylic acids is 2. The predicted molar refractivity (Wildman–Crippen MR) is 81.9 cm³/mol. The highest BCUT2D eigenvalue weighted by molar-refractivity contribution is 6.17. The van der Waals surface area contributed by atoms with Gasteiger partial charge in [-0.3, -0.25) is 14.5 Å². The molecule has 3 heteroatoms. The molecule has 0 N–H and O–H groups in total. The number of allylic oxidation sites excluding steroid dienone is 1. The van der Waals surface area contributed by atoms with Crippen molar-refractivity contribution in [1.29, 1.82) is 0 Å². The summed E-state index contributed by atoms with van der Waals surface area (Å²) in [5.74, 6) is -0.211. The molecular formula is C18H15NO2. The summed E-state index contributed by atoms with van der Waals surface area (Å²) < 4.78 is 0. The van der Waals surface area contributed by atoms with Crippen LogP contribution in [0, 0.1) is 0 Å². The first-order chi connectivity index (χ1) is 10.2. The zero-order chi connectivity index (χ0) is 14.8. The molecule has 2 aromatic rings. The minimum atomic E-state index is -0.190. The highest BCUT2D eigenvalue weighted by atomic mass is 16.2. The van der Waals surface area contributed by atoms with E-state index in [9.17, 15) is 9.59 Å². The minimum Gasteiger partial charge on any atom is -0.297 e. The van der Waals surface area contributed by atoms with Gasteiger partial charge in [-0.25, -0.2) is 0 Å². The van der Waals surface area contributed by atoms with Crippen LogP contribution in [0.2, 0.25) is 0 Å². The molecule has 1 aliphatic rings. The molecule has 0 aliphatic carbocycles. The zero-order valence-electron chi connectivity index (χ0n) is 11.7. The Balaban J connectivity index is 2.05. The number of anilines is 1. The van der Waals surface area contributed by atoms with E-state index in [0.717, 1.165) is 11.3 Å². The van der Waals surface area contributed by atoms with E-state index in [-0.39, 0.29) is 17.7 Å². The van der Waals surface area contributed by atoms with E-state index in [2.05, 4.69) is 0 Å². The molecule has 21 heavy (non-hydrogen) atoms. The van der Waals surface area contributed by atoms with Gasteiger partial charge in [0.1, 0.15) is 0 Å². The van der Waals surface area contributed by atoms with Crippen LogP contribution >= 0.6 is 0 Å². The summed E-state index contributed by atoms with van der Waals surface area (Å²) in [7, 11) is 0. The molecule has 1 unspecified atom stereocenters. The quantitative estimate of drug-likeness (QED) is 0.637. The van der Waals surface area contributed by atoms with Crippen molar-refractivity contribution in [3.63, 3.8) is 0 Å². The van der Waals surface area contributed by atoms with Crippen LogP contribution in [0.15, 0.2) is 72.3 Å². The van der Waals surface area contributed by atoms with Gasteiger partial charge in [-0.2, -0.15) is 0 Å². The number of hydrogen-bond donors (Lipinski definition) is 0. The lowest BCUT2D eigenvalue weighted by molar-refractivity contribution is -0.120. The SMILES string of the molecule is CC(=O)/C=C1/C(=O)N(c2ccccc2)C1c1ccccc1. The number of carbonyl (C=O) groups is 2. The van der Waals surface area contributed by atoms with Crippen LogP contribution in [0.25, 0.3) is 0 Å². The number of hydrogen-bond acceptors (Lipinski definition) is 2. The summed E-state index contributed by atoms with van der Waals surface area (Å²) in [4.78, 5) is 25.5. The Labute approximate surface area is 123 Å². The average molecular weight is 277 g/mol. The van der Waals surface area contributed by atoms with E-state index < -0.39 is 0 Å². The van der Waals surface area contributed by atoms with E-state index in [1.165, 1.54) is 13.0 Å². The number of rotatable bonds is 3. The standard InChI is InChI=1S/C18H15NO2/c1-13(20)12-16-17(14-8-4-2-5-9-14)19(18(16)21)15-10-6-3-7-11-15/h2-12,17H,1H3/b16-12+. The first-order valence-corrected chi connectivity index (χ1v) is 6.84. The monoisotopic (exact) mass is 277 g/mol. The number of benzene rings is 2. The van der Waals surface area contributed by atoms with Crippen LogP contribution in [0.5, 0.6) is 0 Å². The molecule has 3 nitrogen and oxygen atoms in total. The molecule has 0 bridgehead atoms. The summed E-state index contributed by atoms with van der Waals surface area (Å²) in [5.41, 5.74) is 2.41. The molecule has 2 aromatic carbocycles. The van der Waals surface area contributed by atoms with Crippen molar-refractivity contribution in [2.45, 2.75) is 13.0 Å². The molecule has 0 saturated carbocycles. The predicted octanol–water partition coefficient (Wildman–Crippen LogP) is 3.29. The van der Waals surface area contributed by atoms with Gasteiger partial charge in [0, 0.05) is 11.3 Å². The van der Waals surface area contributed by atoms with Crippen LogP contribution in [0.1, 0.15) is 18.5 Å². The highest BCUT2D eigenvalue weighted by Gasteiger charge is 2.43. The van der Waals surface area contributed by atoms with Gasteiger partial charge < -0.3 is 0 Å². The zero-order valence-corrected chi connectivity index (χ0v) is 11.7. The molecule has 1 aliphatic heterocycles. The van der Waals surface area contributed by atoms with Crippen molar-refractivity contribution in [2.24, 2.45) is 0 Å². The van der Waals surface area contributed by atoms with Crippen molar-refractivity contribution in [3.8, 4) is 0 Å². The Kier molecular flexibility index (Phi) is 3.40. The van der Waals surface area contributed by atoms with Gasteiger partial charge >= 0.3 is 0 Å². The van der Waals surface area contributed by atoms with Gasteiger partial charge in [-0.05, 0) is 30.7 Å². The average Bonchev–Trinajstić information content (AvgIpc) is 2.51. The van der Waals surface area contributed by atoms with Crippen molar-refractivity contribution in [3.05, 3.63) is 77.9 Å². The number of β-lactam (4-membered cyclic amide) rings is 1. The molecule has 1 fully saturated rings. The topological polar surface area (TPSA) is 37.4 Å². The Morgan fingerprint density at radius 2 is 1.57 bits per heavy atom. The largest absolute Gasteiger partial charge is 0.297 e. The van der Waals surface area contributed by atoms with Crippen molar-refractivity contribution in [1.82, 2.24) is 0 Å². The maximum absolute atomic E-state index is 12.4. The van der Waals surface area contributed by atoms with E-state index in [1.807, 2.05) is 60.7 Å². The first-order valence-electron chi connectivity index (χ1n) is 6.84. The van der Waals surface area contributed by atoms with Crippen LogP contribution < -0.4 is 4.90 Å². The van der Waals surface area contributed by atoms with Gasteiger partial charge in [-0.1, -0.05) is 48.5 Å². The molecule has 0 radical (unpaired) electrons. The van der Waals surface area contributed by atoms with E-state index in [4.69, 9.17) is 0 Å². The summed E-state index contributed by atoms with van der Waals surface area (Å²) in [6.45, 7) is 1.47. The Hall–Kier alpha value is -2.68. The summed E-state index contributed by atoms with van der Waals surface area (Å²) in [6, 6.07) is 19.1. The van der Waals surface area contributed by atoms with Crippen LogP contribution in [0.4, 0.5) is 5.69 Å². The number of ketones is 1. The Bertz CT molecular complexity index is 705. The van der Waals surface area contributed by atoms with Gasteiger partial charge in [0.2, 0.25) is 0 Å². The minimum absolute atomic E-state index is 0.105. The third kappa shape index (κ3) is 2.38. The van der Waals surface area contributed by atoms with Gasteiger partial charge in [0.15, 0.2) is 5.78 Å². The summed E-state index contributed by atoms with van der Waals surface area (Å²) >= 11 is 0. The Morgan fingerprint density at radius 1 is 1.00 bits per heavy atom. The van der Waals surface area contributed by atoms with Gasteiger partial charge in [0.05, 0.1) is 6.04 Å². The molecule has 1 heterocycles. The number of para-hydroxylation sites is 1. The van der Waals surface area contributed by atoms with Crippen molar-refractivity contribution < 1.29 is 9.59 Å². The van der Waals surface area contributed by atoms with Crippen LogP contribution in [0.3, 0.4) is 0 Å². The molecule has 1 atom stereocenters. The lowest BCUT2D eigenvalue weighted by atomic mass is 9.86.